The molecule has 0 aliphatic rings. The Hall–Kier alpha value is -3.76. The highest BCUT2D eigenvalue weighted by molar-refractivity contribution is 5.95. The predicted molar refractivity (Wildman–Crippen MR) is 122 cm³/mol. The van der Waals surface area contributed by atoms with Crippen molar-refractivity contribution >= 4 is 11.7 Å². The van der Waals surface area contributed by atoms with Gasteiger partial charge in [-0.15, -0.1) is 0 Å². The van der Waals surface area contributed by atoms with Crippen LogP contribution in [0.1, 0.15) is 34.1 Å². The number of halogens is 1. The molecule has 0 bridgehead atoms. The van der Waals surface area contributed by atoms with Crippen LogP contribution in [0.4, 0.5) is 10.2 Å². The molecule has 0 saturated carbocycles. The van der Waals surface area contributed by atoms with Gasteiger partial charge in [0.1, 0.15) is 11.6 Å². The van der Waals surface area contributed by atoms with Gasteiger partial charge in [0.25, 0.3) is 5.91 Å². The number of nitrogens with two attached hydrogens (primary N) is 1. The summed E-state index contributed by atoms with van der Waals surface area (Å²) in [6.45, 7) is 2.74. The number of benzene rings is 1. The second-order valence-electron chi connectivity index (χ2n) is 7.17. The summed E-state index contributed by atoms with van der Waals surface area (Å²) in [6.07, 6.45) is 3.95. The molecule has 3 rings (SSSR count). The summed E-state index contributed by atoms with van der Waals surface area (Å²) >= 11 is 0. The average Bonchev–Trinajstić information content (AvgIpc) is 2.81. The number of hydrogen-bond donors (Lipinski definition) is 1. The van der Waals surface area contributed by atoms with E-state index in [2.05, 4.69) is 21.8 Å². The van der Waals surface area contributed by atoms with Crippen LogP contribution in [-0.2, 0) is 11.2 Å². The van der Waals surface area contributed by atoms with Crippen molar-refractivity contribution in [1.29, 1.82) is 0 Å². The molecule has 32 heavy (non-hydrogen) atoms. The number of ether oxygens (including phenoxy) is 1. The fourth-order valence-corrected chi connectivity index (χ4v) is 3.16. The van der Waals surface area contributed by atoms with E-state index in [1.807, 2.05) is 6.92 Å². The van der Waals surface area contributed by atoms with Crippen LogP contribution in [0, 0.1) is 17.7 Å². The molecule has 0 fully saturated rings. The van der Waals surface area contributed by atoms with Gasteiger partial charge in [0, 0.05) is 44.2 Å². The summed E-state index contributed by atoms with van der Waals surface area (Å²) in [4.78, 5) is 22.5. The van der Waals surface area contributed by atoms with Crippen LogP contribution in [0.5, 0.6) is 0 Å². The van der Waals surface area contributed by atoms with E-state index in [-0.39, 0.29) is 5.56 Å². The molecule has 2 N–H and O–H groups in total. The fraction of sp³-hybridized carbons (Fsp3) is 0.240. The first-order chi connectivity index (χ1) is 15.4. The minimum atomic E-state index is -0.590. The number of nitrogen functional groups attached to an aromatic ring is 1. The Bertz CT molecular complexity index is 1170. The summed E-state index contributed by atoms with van der Waals surface area (Å²) in [5, 5.41) is 0. The zero-order valence-corrected chi connectivity index (χ0v) is 18.4. The maximum atomic E-state index is 14.9. The lowest BCUT2D eigenvalue weighted by molar-refractivity contribution is 0.0739. The van der Waals surface area contributed by atoms with Gasteiger partial charge in [0.05, 0.1) is 23.4 Å². The number of aryl methyl sites for hydroxylation is 1. The Morgan fingerprint density at radius 3 is 2.66 bits per heavy atom. The lowest BCUT2D eigenvalue weighted by Crippen LogP contribution is -2.30. The molecule has 1 amide bonds. The lowest BCUT2D eigenvalue weighted by atomic mass is 9.97. The molecule has 7 heteroatoms. The van der Waals surface area contributed by atoms with Crippen molar-refractivity contribution in [2.75, 3.05) is 33.0 Å². The molecular weight excluding hydrogens is 407 g/mol. The number of amides is 1. The molecule has 0 spiro atoms. The van der Waals surface area contributed by atoms with E-state index in [1.54, 1.807) is 50.8 Å². The van der Waals surface area contributed by atoms with E-state index in [0.717, 1.165) is 11.3 Å². The summed E-state index contributed by atoms with van der Waals surface area (Å²) in [5.74, 6) is 5.67. The van der Waals surface area contributed by atoms with Gasteiger partial charge in [0.2, 0.25) is 0 Å². The maximum Gasteiger partial charge on any atom is 0.256 e. The molecule has 1 aromatic carbocycles. The maximum absolute atomic E-state index is 14.9. The second kappa shape index (κ2) is 10.5. The molecule has 0 unspecified atom stereocenters. The van der Waals surface area contributed by atoms with Crippen molar-refractivity contribution in [2.45, 2.75) is 13.3 Å². The molecule has 0 radical (unpaired) electrons. The van der Waals surface area contributed by atoms with Crippen LogP contribution in [-0.4, -0.2) is 48.1 Å². The number of rotatable bonds is 6. The van der Waals surface area contributed by atoms with Gasteiger partial charge >= 0.3 is 0 Å². The van der Waals surface area contributed by atoms with E-state index in [4.69, 9.17) is 10.5 Å². The molecule has 0 aliphatic carbocycles. The largest absolute Gasteiger partial charge is 0.384 e. The molecule has 0 aliphatic heterocycles. The first-order valence-electron chi connectivity index (χ1n) is 10.2. The number of aromatic nitrogens is 2. The van der Waals surface area contributed by atoms with Crippen molar-refractivity contribution in [2.24, 2.45) is 0 Å². The van der Waals surface area contributed by atoms with E-state index >= 15 is 0 Å². The number of likely N-dealkylation sites (N-methyl/N-ethyl adjacent to an activating group) is 1. The van der Waals surface area contributed by atoms with Gasteiger partial charge in [-0.2, -0.15) is 0 Å². The summed E-state index contributed by atoms with van der Waals surface area (Å²) in [6, 6.07) is 9.86. The molecular formula is C25H25FN4O2. The highest BCUT2D eigenvalue weighted by Gasteiger charge is 2.18. The van der Waals surface area contributed by atoms with Gasteiger partial charge in [-0.25, -0.2) is 9.37 Å². The number of nitrogens with zero attached hydrogens (tertiary/aromatic N) is 3. The summed E-state index contributed by atoms with van der Waals surface area (Å²) < 4.78 is 19.9. The van der Waals surface area contributed by atoms with E-state index in [1.165, 1.54) is 17.0 Å². The van der Waals surface area contributed by atoms with Gasteiger partial charge in [0.15, 0.2) is 0 Å². The highest BCUT2D eigenvalue weighted by Crippen LogP contribution is 2.27. The van der Waals surface area contributed by atoms with Crippen molar-refractivity contribution in [3.8, 4) is 23.0 Å². The van der Waals surface area contributed by atoms with Gasteiger partial charge in [-0.05, 0) is 42.3 Å². The SMILES string of the molecule is CCc1nccc(-c2ccc(C(=O)N(C)CCOC)c(F)c2)c1C#Cc1ccc(N)nc1. The van der Waals surface area contributed by atoms with Crippen LogP contribution < -0.4 is 5.73 Å². The first-order valence-corrected chi connectivity index (χ1v) is 10.2. The van der Waals surface area contributed by atoms with Crippen molar-refractivity contribution in [3.63, 3.8) is 0 Å². The quantitative estimate of drug-likeness (QED) is 0.603. The Balaban J connectivity index is 1.99. The molecule has 3 aromatic rings. The minimum Gasteiger partial charge on any atom is -0.384 e. The molecule has 164 valence electrons. The van der Waals surface area contributed by atoms with Crippen molar-refractivity contribution < 1.29 is 13.9 Å². The molecule has 0 atom stereocenters. The van der Waals surface area contributed by atoms with Gasteiger partial charge < -0.3 is 15.4 Å². The molecule has 2 aromatic heterocycles. The topological polar surface area (TPSA) is 81.3 Å². The highest BCUT2D eigenvalue weighted by atomic mass is 19.1. The van der Waals surface area contributed by atoms with Crippen molar-refractivity contribution in [3.05, 3.63) is 77.0 Å². The lowest BCUT2D eigenvalue weighted by Gasteiger charge is -2.17. The van der Waals surface area contributed by atoms with Crippen LogP contribution in [0.15, 0.2) is 48.8 Å². The number of methoxy groups -OCH3 is 1. The zero-order chi connectivity index (χ0) is 23.1. The van der Waals surface area contributed by atoms with Gasteiger partial charge in [-0.3, -0.25) is 9.78 Å². The fourth-order valence-electron chi connectivity index (χ4n) is 3.16. The zero-order valence-electron chi connectivity index (χ0n) is 18.4. The third kappa shape index (κ3) is 5.29. The van der Waals surface area contributed by atoms with E-state index in [0.29, 0.717) is 42.1 Å². The summed E-state index contributed by atoms with van der Waals surface area (Å²) in [5.41, 5.74) is 9.24. The normalized spacial score (nSPS) is 10.4. The Morgan fingerprint density at radius 1 is 1.19 bits per heavy atom. The van der Waals surface area contributed by atoms with Crippen LogP contribution in [0.3, 0.4) is 0 Å². The number of pyridine rings is 2. The number of carbonyl (C=O) groups excluding carboxylic acids is 1. The minimum absolute atomic E-state index is 0.0118. The monoisotopic (exact) mass is 432 g/mol. The summed E-state index contributed by atoms with van der Waals surface area (Å²) in [7, 11) is 3.17. The second-order valence-corrected chi connectivity index (χ2v) is 7.17. The van der Waals surface area contributed by atoms with Gasteiger partial charge in [-0.1, -0.05) is 24.8 Å². The number of carbonyl (C=O) groups is 1. The first kappa shape index (κ1) is 22.9. The molecule has 6 nitrogen and oxygen atoms in total. The number of anilines is 1. The Morgan fingerprint density at radius 2 is 2.00 bits per heavy atom. The van der Waals surface area contributed by atoms with Crippen LogP contribution in [0.25, 0.3) is 11.1 Å². The van der Waals surface area contributed by atoms with Crippen LogP contribution >= 0.6 is 0 Å². The standard InChI is InChI=1S/C25H25FN4O2/c1-4-23-20(8-5-17-6-10-24(27)29-16-17)19(11-12-28-23)18-7-9-21(22(26)15-18)25(31)30(2)13-14-32-3/h6-7,9-12,15-16H,4,13-14H2,1-3H3,(H2,27,29). The smallest absolute Gasteiger partial charge is 0.256 e. The number of hydrogen-bond acceptors (Lipinski definition) is 5. The molecule has 2 heterocycles. The Labute approximate surface area is 187 Å². The predicted octanol–water partition coefficient (Wildman–Crippen LogP) is 3.55. The van der Waals surface area contributed by atoms with E-state index < -0.39 is 11.7 Å². The average molecular weight is 432 g/mol. The van der Waals surface area contributed by atoms with Crippen molar-refractivity contribution in [1.82, 2.24) is 14.9 Å². The van der Waals surface area contributed by atoms with E-state index in [9.17, 15) is 9.18 Å². The molecule has 0 saturated heterocycles. The third-order valence-corrected chi connectivity index (χ3v) is 4.97. The van der Waals surface area contributed by atoms with Crippen LogP contribution in [0.2, 0.25) is 0 Å². The third-order valence-electron chi connectivity index (χ3n) is 4.97. The Kier molecular flexibility index (Phi) is 7.53.